The topological polar surface area (TPSA) is 144 Å². The predicted octanol–water partition coefficient (Wildman–Crippen LogP) is 2.37. The number of pyridine rings is 1. The van der Waals surface area contributed by atoms with Crippen LogP contribution in [0.2, 0.25) is 0 Å². The van der Waals surface area contributed by atoms with Gasteiger partial charge in [-0.05, 0) is 37.3 Å². The first kappa shape index (κ1) is 18.0. The number of aromatic nitrogens is 3. The van der Waals surface area contributed by atoms with Crippen LogP contribution in [-0.4, -0.2) is 40.9 Å². The third-order valence-electron chi connectivity index (χ3n) is 3.66. The molecule has 27 heavy (non-hydrogen) atoms. The molecule has 10 nitrogen and oxygen atoms in total. The number of nitrogens with one attached hydrogen (secondary N) is 3. The molecule has 0 aliphatic carbocycles. The molecule has 0 aliphatic rings. The van der Waals surface area contributed by atoms with E-state index in [-0.39, 0.29) is 23.8 Å². The third kappa shape index (κ3) is 3.89. The minimum Gasteiger partial charge on any atom is -0.497 e. The second kappa shape index (κ2) is 7.60. The van der Waals surface area contributed by atoms with Crippen LogP contribution >= 0.6 is 0 Å². The highest BCUT2D eigenvalue weighted by Crippen LogP contribution is 2.24. The Morgan fingerprint density at radius 1 is 1.22 bits per heavy atom. The molecule has 0 atom stereocenters. The van der Waals surface area contributed by atoms with Crippen molar-refractivity contribution in [3.8, 4) is 5.75 Å². The standard InChI is InChI=1S/C17H18N6O4/c1-3-27-16(24)11-8-12-14(20-13(11)18)22-23-15(12)21-17(25)19-9-4-6-10(26-2)7-5-9/h4-8H,3H2,1-2H3,(H5,18,19,20,21,22,23,25). The molecule has 3 rings (SSSR count). The van der Waals surface area contributed by atoms with E-state index >= 15 is 0 Å². The Hall–Kier alpha value is -3.82. The molecule has 140 valence electrons. The number of nitrogens with two attached hydrogens (primary N) is 1. The van der Waals surface area contributed by atoms with Crippen molar-refractivity contribution in [2.75, 3.05) is 30.1 Å². The van der Waals surface area contributed by atoms with E-state index in [4.69, 9.17) is 15.2 Å². The normalized spacial score (nSPS) is 10.4. The number of hydrogen-bond donors (Lipinski definition) is 4. The van der Waals surface area contributed by atoms with E-state index in [1.165, 1.54) is 6.07 Å². The third-order valence-corrected chi connectivity index (χ3v) is 3.66. The molecule has 2 heterocycles. The SMILES string of the molecule is CCOC(=O)c1cc2c(NC(=O)Nc3ccc(OC)cc3)n[nH]c2nc1N. The summed E-state index contributed by atoms with van der Waals surface area (Å²) in [7, 11) is 1.56. The van der Waals surface area contributed by atoms with Crippen molar-refractivity contribution in [3.63, 3.8) is 0 Å². The van der Waals surface area contributed by atoms with Crippen LogP contribution in [0.25, 0.3) is 11.0 Å². The summed E-state index contributed by atoms with van der Waals surface area (Å²) in [6, 6.07) is 7.80. The highest BCUT2D eigenvalue weighted by Gasteiger charge is 2.18. The number of ether oxygens (including phenoxy) is 2. The zero-order valence-corrected chi connectivity index (χ0v) is 14.7. The number of amides is 2. The summed E-state index contributed by atoms with van der Waals surface area (Å²) in [5, 5.41) is 12.4. The van der Waals surface area contributed by atoms with Crippen LogP contribution in [0.3, 0.4) is 0 Å². The van der Waals surface area contributed by atoms with Gasteiger partial charge in [0.25, 0.3) is 0 Å². The number of nitrogen functional groups attached to an aromatic ring is 1. The molecule has 0 fully saturated rings. The number of H-pyrrole nitrogens is 1. The van der Waals surface area contributed by atoms with Gasteiger partial charge in [0.05, 0.1) is 19.1 Å². The number of hydrogen-bond acceptors (Lipinski definition) is 7. The second-order valence-electron chi connectivity index (χ2n) is 5.42. The van der Waals surface area contributed by atoms with Crippen molar-refractivity contribution < 1.29 is 19.1 Å². The lowest BCUT2D eigenvalue weighted by molar-refractivity contribution is 0.0527. The maximum atomic E-state index is 12.2. The van der Waals surface area contributed by atoms with Gasteiger partial charge in [-0.1, -0.05) is 0 Å². The van der Waals surface area contributed by atoms with Crippen molar-refractivity contribution in [2.24, 2.45) is 0 Å². The lowest BCUT2D eigenvalue weighted by Gasteiger charge is -2.07. The predicted molar refractivity (Wildman–Crippen MR) is 99.9 cm³/mol. The van der Waals surface area contributed by atoms with Crippen molar-refractivity contribution >= 4 is 40.4 Å². The van der Waals surface area contributed by atoms with Gasteiger partial charge in [0.15, 0.2) is 11.5 Å². The van der Waals surface area contributed by atoms with E-state index in [0.717, 1.165) is 0 Å². The number of urea groups is 1. The number of esters is 1. The Bertz CT molecular complexity index is 983. The van der Waals surface area contributed by atoms with Crippen molar-refractivity contribution in [3.05, 3.63) is 35.9 Å². The fourth-order valence-electron chi connectivity index (χ4n) is 2.37. The van der Waals surface area contributed by atoms with Gasteiger partial charge in [0.1, 0.15) is 17.1 Å². The molecule has 0 aliphatic heterocycles. The molecular weight excluding hydrogens is 352 g/mol. The van der Waals surface area contributed by atoms with Crippen LogP contribution in [-0.2, 0) is 4.74 Å². The Morgan fingerprint density at radius 2 is 1.96 bits per heavy atom. The molecular formula is C17H18N6O4. The fourth-order valence-corrected chi connectivity index (χ4v) is 2.37. The number of carbonyl (C=O) groups is 2. The van der Waals surface area contributed by atoms with E-state index in [1.54, 1.807) is 38.3 Å². The van der Waals surface area contributed by atoms with E-state index in [9.17, 15) is 9.59 Å². The quantitative estimate of drug-likeness (QED) is 0.505. The minimum atomic E-state index is -0.598. The Kier molecular flexibility index (Phi) is 5.06. The van der Waals surface area contributed by atoms with Crippen molar-refractivity contribution in [2.45, 2.75) is 6.92 Å². The number of aromatic amines is 1. The van der Waals surface area contributed by atoms with Gasteiger partial charge in [-0.15, -0.1) is 0 Å². The van der Waals surface area contributed by atoms with Crippen LogP contribution in [0.5, 0.6) is 5.75 Å². The van der Waals surface area contributed by atoms with Crippen LogP contribution in [0.4, 0.5) is 22.1 Å². The number of benzene rings is 1. The molecule has 0 unspecified atom stereocenters. The second-order valence-corrected chi connectivity index (χ2v) is 5.42. The molecule has 3 aromatic rings. The summed E-state index contributed by atoms with van der Waals surface area (Å²) in [5.41, 5.74) is 6.79. The van der Waals surface area contributed by atoms with E-state index in [2.05, 4.69) is 25.8 Å². The molecule has 5 N–H and O–H groups in total. The first-order chi connectivity index (χ1) is 13.0. The Morgan fingerprint density at radius 3 is 2.63 bits per heavy atom. The molecule has 0 radical (unpaired) electrons. The van der Waals surface area contributed by atoms with Crippen LogP contribution < -0.4 is 21.1 Å². The lowest BCUT2D eigenvalue weighted by Crippen LogP contribution is -2.19. The van der Waals surface area contributed by atoms with Gasteiger partial charge in [0, 0.05) is 5.69 Å². The van der Waals surface area contributed by atoms with Gasteiger partial charge in [-0.3, -0.25) is 10.4 Å². The largest absolute Gasteiger partial charge is 0.497 e. The molecule has 0 saturated carbocycles. The monoisotopic (exact) mass is 370 g/mol. The molecule has 2 amide bonds. The van der Waals surface area contributed by atoms with E-state index in [0.29, 0.717) is 22.5 Å². The maximum absolute atomic E-state index is 12.2. The zero-order valence-electron chi connectivity index (χ0n) is 14.7. The minimum absolute atomic E-state index is 0.0128. The summed E-state index contributed by atoms with van der Waals surface area (Å²) in [4.78, 5) is 28.3. The summed E-state index contributed by atoms with van der Waals surface area (Å²) in [6.45, 7) is 1.89. The number of carbonyl (C=O) groups excluding carboxylic acids is 2. The van der Waals surface area contributed by atoms with Crippen LogP contribution in [0.15, 0.2) is 30.3 Å². The summed E-state index contributed by atoms with van der Waals surface area (Å²) in [6.07, 6.45) is 0. The first-order valence-electron chi connectivity index (χ1n) is 8.05. The summed E-state index contributed by atoms with van der Waals surface area (Å²) < 4.78 is 10.0. The average Bonchev–Trinajstić information content (AvgIpc) is 3.03. The van der Waals surface area contributed by atoms with Crippen molar-refractivity contribution in [1.29, 1.82) is 0 Å². The molecule has 0 saturated heterocycles. The van der Waals surface area contributed by atoms with Gasteiger partial charge in [-0.25, -0.2) is 14.6 Å². The molecule has 0 spiro atoms. The van der Waals surface area contributed by atoms with Crippen molar-refractivity contribution in [1.82, 2.24) is 15.2 Å². The van der Waals surface area contributed by atoms with Crippen LogP contribution in [0.1, 0.15) is 17.3 Å². The number of anilines is 3. The highest BCUT2D eigenvalue weighted by molar-refractivity contribution is 6.06. The zero-order chi connectivity index (χ0) is 19.4. The summed E-state index contributed by atoms with van der Waals surface area (Å²) >= 11 is 0. The van der Waals surface area contributed by atoms with E-state index < -0.39 is 12.0 Å². The van der Waals surface area contributed by atoms with Crippen LogP contribution in [0, 0.1) is 0 Å². The number of rotatable bonds is 5. The molecule has 10 heteroatoms. The Balaban J connectivity index is 1.80. The first-order valence-corrected chi connectivity index (χ1v) is 8.05. The Labute approximate surface area is 154 Å². The number of fused-ring (bicyclic) bond motifs is 1. The molecule has 1 aromatic carbocycles. The lowest BCUT2D eigenvalue weighted by atomic mass is 10.2. The van der Waals surface area contributed by atoms with Gasteiger partial charge in [-0.2, -0.15) is 5.10 Å². The van der Waals surface area contributed by atoms with Gasteiger partial charge < -0.3 is 20.5 Å². The van der Waals surface area contributed by atoms with Gasteiger partial charge in [0.2, 0.25) is 0 Å². The van der Waals surface area contributed by atoms with E-state index in [1.807, 2.05) is 0 Å². The maximum Gasteiger partial charge on any atom is 0.341 e. The molecule has 0 bridgehead atoms. The smallest absolute Gasteiger partial charge is 0.341 e. The van der Waals surface area contributed by atoms with Gasteiger partial charge >= 0.3 is 12.0 Å². The fraction of sp³-hybridized carbons (Fsp3) is 0.176. The number of nitrogens with zero attached hydrogens (tertiary/aromatic N) is 2. The highest BCUT2D eigenvalue weighted by atomic mass is 16.5. The average molecular weight is 370 g/mol. The summed E-state index contributed by atoms with van der Waals surface area (Å²) in [5.74, 6) is 0.293. The molecule has 2 aromatic heterocycles. The number of methoxy groups -OCH3 is 1.